The molecule has 1 N–H and O–H groups in total. The lowest BCUT2D eigenvalue weighted by Gasteiger charge is -2.36. The average Bonchev–Trinajstić information content (AvgIpc) is 3.59. The summed E-state index contributed by atoms with van der Waals surface area (Å²) in [5, 5.41) is 10.1. The van der Waals surface area contributed by atoms with Crippen LogP contribution < -0.4 is 0 Å². The number of ether oxygens (including phenoxy) is 10. The molecule has 0 bridgehead atoms. The molecule has 0 saturated carbocycles. The molecule has 3 rings (SSSR count). The monoisotopic (exact) mass is 508 g/mol. The van der Waals surface area contributed by atoms with Crippen LogP contribution in [0.1, 0.15) is 26.7 Å². The molecule has 0 aliphatic carbocycles. The van der Waals surface area contributed by atoms with Crippen LogP contribution >= 0.6 is 0 Å². The van der Waals surface area contributed by atoms with Gasteiger partial charge in [-0.15, -0.1) is 0 Å². The molecule has 3 heterocycles. The summed E-state index contributed by atoms with van der Waals surface area (Å²) < 4.78 is 52.0. The Kier molecular flexibility index (Phi) is 9.74. The van der Waals surface area contributed by atoms with Crippen LogP contribution in [0.4, 0.5) is 14.4 Å². The second-order valence-corrected chi connectivity index (χ2v) is 8.62. The van der Waals surface area contributed by atoms with Crippen molar-refractivity contribution in [3.8, 4) is 0 Å². The molecule has 3 aliphatic rings. The predicted molar refractivity (Wildman–Crippen MR) is 110 cm³/mol. The fraction of sp³-hybridized carbons (Fsp3) is 0.857. The van der Waals surface area contributed by atoms with Crippen LogP contribution in [0.25, 0.3) is 0 Å². The van der Waals surface area contributed by atoms with Gasteiger partial charge in [-0.25, -0.2) is 14.4 Å². The van der Waals surface area contributed by atoms with Gasteiger partial charge in [-0.3, -0.25) is 0 Å². The van der Waals surface area contributed by atoms with E-state index in [1.54, 1.807) is 0 Å². The molecule has 35 heavy (non-hydrogen) atoms. The Morgan fingerprint density at radius 3 is 1.37 bits per heavy atom. The van der Waals surface area contributed by atoms with Crippen molar-refractivity contribution in [2.45, 2.75) is 45.6 Å². The van der Waals surface area contributed by atoms with Gasteiger partial charge in [-0.05, 0) is 12.8 Å². The third-order valence-corrected chi connectivity index (χ3v) is 6.07. The maximum Gasteiger partial charge on any atom is 0.510 e. The number of cyclic esters (lactones) is 6. The van der Waals surface area contributed by atoms with Gasteiger partial charge in [0.15, 0.2) is 19.8 Å². The molecule has 14 nitrogen and oxygen atoms in total. The Hall–Kier alpha value is -2.39. The highest BCUT2D eigenvalue weighted by molar-refractivity contribution is 5.62. The molecule has 0 aromatic heterocycles. The summed E-state index contributed by atoms with van der Waals surface area (Å²) in [6, 6.07) is 0. The normalized spacial score (nSPS) is 27.2. The van der Waals surface area contributed by atoms with Gasteiger partial charge in [0.1, 0.15) is 0 Å². The van der Waals surface area contributed by atoms with Crippen molar-refractivity contribution in [1.82, 2.24) is 0 Å². The highest BCUT2D eigenvalue weighted by Gasteiger charge is 2.38. The molecule has 0 radical (unpaired) electrons. The second kappa shape index (κ2) is 12.5. The van der Waals surface area contributed by atoms with E-state index in [-0.39, 0.29) is 59.5 Å². The number of aliphatic hydroxyl groups is 1. The predicted octanol–water partition coefficient (Wildman–Crippen LogP) is 1.32. The molecule has 3 aliphatic heterocycles. The third kappa shape index (κ3) is 7.80. The summed E-state index contributed by atoms with van der Waals surface area (Å²) in [5.41, 5.74) is -1.49. The zero-order chi connectivity index (χ0) is 25.3. The van der Waals surface area contributed by atoms with Crippen molar-refractivity contribution in [3.05, 3.63) is 0 Å². The van der Waals surface area contributed by atoms with Crippen molar-refractivity contribution in [2.24, 2.45) is 10.8 Å². The Balaban J connectivity index is 1.57. The maximum atomic E-state index is 11.2. The van der Waals surface area contributed by atoms with Crippen molar-refractivity contribution in [1.29, 1.82) is 0 Å². The van der Waals surface area contributed by atoms with E-state index in [0.717, 1.165) is 0 Å². The van der Waals surface area contributed by atoms with Gasteiger partial charge in [-0.2, -0.15) is 0 Å². The molecule has 0 aromatic rings. The first-order valence-electron chi connectivity index (χ1n) is 11.3. The van der Waals surface area contributed by atoms with Crippen LogP contribution in [0.3, 0.4) is 0 Å². The van der Waals surface area contributed by atoms with Gasteiger partial charge in [-0.1, -0.05) is 13.8 Å². The number of carbonyl (C=O) groups excluding carboxylic acids is 3. The van der Waals surface area contributed by atoms with E-state index in [2.05, 4.69) is 0 Å². The lowest BCUT2D eigenvalue weighted by atomic mass is 9.86. The van der Waals surface area contributed by atoms with Gasteiger partial charge in [0.05, 0.1) is 39.6 Å². The number of rotatable bonds is 16. The number of carbonyl (C=O) groups is 3. The molecule has 14 heteroatoms. The Bertz CT molecular complexity index is 693. The minimum atomic E-state index is -0.863. The molecule has 0 spiro atoms. The van der Waals surface area contributed by atoms with E-state index < -0.39 is 48.2 Å². The summed E-state index contributed by atoms with van der Waals surface area (Å²) in [4.78, 5) is 33.5. The minimum absolute atomic E-state index is 0.0244. The van der Waals surface area contributed by atoms with Gasteiger partial charge < -0.3 is 52.5 Å². The van der Waals surface area contributed by atoms with E-state index in [0.29, 0.717) is 12.8 Å². The fourth-order valence-corrected chi connectivity index (χ4v) is 3.35. The number of hydrogen-bond acceptors (Lipinski definition) is 14. The van der Waals surface area contributed by atoms with Crippen LogP contribution in [-0.2, 0) is 47.4 Å². The Morgan fingerprint density at radius 1 is 0.686 bits per heavy atom. The van der Waals surface area contributed by atoms with Crippen LogP contribution in [0.2, 0.25) is 0 Å². The SMILES string of the molecule is CCC(CO)(COCC(CC)(COC1COC(=O)O1)COC1COC(=O)O1)COC1COC(=O)O1. The summed E-state index contributed by atoms with van der Waals surface area (Å²) in [6.07, 6.45) is -3.95. The number of aliphatic hydroxyl groups excluding tert-OH is 1. The van der Waals surface area contributed by atoms with Gasteiger partial charge >= 0.3 is 18.5 Å². The smallest absolute Gasteiger partial charge is 0.428 e. The van der Waals surface area contributed by atoms with Gasteiger partial charge in [0.25, 0.3) is 0 Å². The summed E-state index contributed by atoms with van der Waals surface area (Å²) in [6.45, 7) is 3.93. The first-order chi connectivity index (χ1) is 16.8. The molecule has 0 amide bonds. The number of hydrogen-bond donors (Lipinski definition) is 1. The lowest BCUT2D eigenvalue weighted by molar-refractivity contribution is -0.173. The first kappa shape index (κ1) is 27.2. The fourth-order valence-electron chi connectivity index (χ4n) is 3.35. The second-order valence-electron chi connectivity index (χ2n) is 8.62. The van der Waals surface area contributed by atoms with E-state index in [1.807, 2.05) is 13.8 Å². The third-order valence-electron chi connectivity index (χ3n) is 6.07. The largest absolute Gasteiger partial charge is 0.510 e. The summed E-state index contributed by atoms with van der Waals surface area (Å²) in [5.74, 6) is 0. The van der Waals surface area contributed by atoms with Crippen molar-refractivity contribution < 1.29 is 66.9 Å². The van der Waals surface area contributed by atoms with Crippen molar-refractivity contribution >= 4 is 18.5 Å². The van der Waals surface area contributed by atoms with E-state index in [1.165, 1.54) is 0 Å². The Morgan fingerprint density at radius 2 is 1.06 bits per heavy atom. The topological polar surface area (TPSA) is 164 Å². The van der Waals surface area contributed by atoms with Gasteiger partial charge in [0, 0.05) is 10.8 Å². The quantitative estimate of drug-likeness (QED) is 0.234. The zero-order valence-corrected chi connectivity index (χ0v) is 19.8. The first-order valence-corrected chi connectivity index (χ1v) is 11.3. The molecule has 4 atom stereocenters. The van der Waals surface area contributed by atoms with Gasteiger partial charge in [0.2, 0.25) is 18.9 Å². The average molecular weight is 508 g/mol. The minimum Gasteiger partial charge on any atom is -0.428 e. The maximum absolute atomic E-state index is 11.2. The molecule has 3 fully saturated rings. The zero-order valence-electron chi connectivity index (χ0n) is 19.8. The van der Waals surface area contributed by atoms with Crippen molar-refractivity contribution in [2.75, 3.05) is 59.5 Å². The molecule has 200 valence electrons. The molecular formula is C21H32O14. The van der Waals surface area contributed by atoms with Crippen LogP contribution in [0.5, 0.6) is 0 Å². The van der Waals surface area contributed by atoms with Crippen LogP contribution in [-0.4, -0.2) is 102 Å². The lowest BCUT2D eigenvalue weighted by Crippen LogP contribution is -2.43. The Labute approximate surface area is 201 Å². The van der Waals surface area contributed by atoms with E-state index in [4.69, 9.17) is 47.4 Å². The van der Waals surface area contributed by atoms with E-state index >= 15 is 0 Å². The highest BCUT2D eigenvalue weighted by Crippen LogP contribution is 2.30. The van der Waals surface area contributed by atoms with Crippen LogP contribution in [0, 0.1) is 10.8 Å². The summed E-state index contributed by atoms with van der Waals surface area (Å²) in [7, 11) is 0. The van der Waals surface area contributed by atoms with Crippen LogP contribution in [0.15, 0.2) is 0 Å². The summed E-state index contributed by atoms with van der Waals surface area (Å²) >= 11 is 0. The highest BCUT2D eigenvalue weighted by atomic mass is 16.8. The molecule has 4 unspecified atom stereocenters. The van der Waals surface area contributed by atoms with E-state index in [9.17, 15) is 19.5 Å². The molecule has 3 saturated heterocycles. The van der Waals surface area contributed by atoms with Crippen molar-refractivity contribution in [3.63, 3.8) is 0 Å². The standard InChI is InChI=1S/C21H32O14/c1-3-20(8-22,11-30-14-5-27-17(23)33-14)9-26-10-21(4-2,12-31-15-6-28-18(24)34-15)13-32-16-7-29-19(25)35-16/h14-16,22H,3-13H2,1-2H3. The molecule has 0 aromatic carbocycles. The molecular weight excluding hydrogens is 476 g/mol.